The van der Waals surface area contributed by atoms with E-state index >= 15 is 0 Å². The molecule has 0 fully saturated rings. The summed E-state index contributed by atoms with van der Waals surface area (Å²) in [5, 5.41) is 5.90. The zero-order valence-corrected chi connectivity index (χ0v) is 25.2. The van der Waals surface area contributed by atoms with Gasteiger partial charge in [0.15, 0.2) is 0 Å². The lowest BCUT2D eigenvalue weighted by molar-refractivity contribution is -0.142. The summed E-state index contributed by atoms with van der Waals surface area (Å²) in [7, 11) is 0. The molecule has 3 unspecified atom stereocenters. The van der Waals surface area contributed by atoms with Crippen molar-refractivity contribution in [3.05, 3.63) is 64.7 Å². The Morgan fingerprint density at radius 3 is 2.18 bits per heavy atom. The summed E-state index contributed by atoms with van der Waals surface area (Å²) >= 11 is 0. The highest BCUT2D eigenvalue weighted by molar-refractivity contribution is 5.99. The summed E-state index contributed by atoms with van der Waals surface area (Å²) in [6.07, 6.45) is 1.57. The third-order valence-corrected chi connectivity index (χ3v) is 7.09. The predicted molar refractivity (Wildman–Crippen MR) is 158 cm³/mol. The molecule has 7 nitrogen and oxygen atoms in total. The maximum atomic E-state index is 14.4. The third kappa shape index (κ3) is 8.84. The monoisotopic (exact) mass is 537 g/mol. The second-order valence-electron chi connectivity index (χ2n) is 11.4. The van der Waals surface area contributed by atoms with E-state index in [4.69, 9.17) is 4.74 Å². The number of carbonyl (C=O) groups excluding carboxylic acids is 3. The summed E-state index contributed by atoms with van der Waals surface area (Å²) in [5.41, 5.74) is 3.69. The second kappa shape index (κ2) is 14.2. The Morgan fingerprint density at radius 1 is 0.949 bits per heavy atom. The number of rotatable bonds is 11. The number of hydrogen-bond donors (Lipinski definition) is 2. The quantitative estimate of drug-likeness (QED) is 0.328. The molecule has 0 spiro atoms. The standard InChI is InChI=1S/C32H47N3O4/c1-10-12-20-35(30(37)27(21(3)11-2)34-31(38)39-32(7,8)9)28(25-18-15-17-22(4)24(25)6)29(36)33-26-19-14-13-16-23(26)5/h13-19,21,27-28H,10-12,20H2,1-9H3,(H,33,36)(H,34,38). The highest BCUT2D eigenvalue weighted by atomic mass is 16.6. The van der Waals surface area contributed by atoms with Crippen LogP contribution in [-0.4, -0.2) is 41.0 Å². The zero-order chi connectivity index (χ0) is 29.3. The van der Waals surface area contributed by atoms with Gasteiger partial charge in [-0.2, -0.15) is 0 Å². The SMILES string of the molecule is CCCCN(C(=O)C(NC(=O)OC(C)(C)C)C(C)CC)C(C(=O)Nc1ccccc1C)c1cccc(C)c1C. The molecule has 3 atom stereocenters. The molecular formula is C32H47N3O4. The Hall–Kier alpha value is -3.35. The van der Waals surface area contributed by atoms with E-state index in [1.54, 1.807) is 25.7 Å². The van der Waals surface area contributed by atoms with E-state index in [9.17, 15) is 14.4 Å². The van der Waals surface area contributed by atoms with Crippen molar-refractivity contribution in [3.8, 4) is 0 Å². The van der Waals surface area contributed by atoms with Crippen molar-refractivity contribution in [1.82, 2.24) is 10.2 Å². The van der Waals surface area contributed by atoms with Crippen LogP contribution in [0.2, 0.25) is 0 Å². The first-order valence-electron chi connectivity index (χ1n) is 14.0. The van der Waals surface area contributed by atoms with Crippen LogP contribution in [0.4, 0.5) is 10.5 Å². The minimum absolute atomic E-state index is 0.173. The van der Waals surface area contributed by atoms with Crippen LogP contribution in [0.5, 0.6) is 0 Å². The average molecular weight is 538 g/mol. The number of para-hydroxylation sites is 1. The normalized spacial score (nSPS) is 13.7. The molecule has 7 heteroatoms. The number of anilines is 1. The number of aryl methyl sites for hydroxylation is 2. The van der Waals surface area contributed by atoms with Crippen molar-refractivity contribution in [2.24, 2.45) is 5.92 Å². The third-order valence-electron chi connectivity index (χ3n) is 7.09. The highest BCUT2D eigenvalue weighted by Gasteiger charge is 2.38. The van der Waals surface area contributed by atoms with E-state index in [-0.39, 0.29) is 17.7 Å². The van der Waals surface area contributed by atoms with Crippen LogP contribution >= 0.6 is 0 Å². The number of nitrogens with one attached hydrogen (secondary N) is 2. The predicted octanol–water partition coefficient (Wildman–Crippen LogP) is 6.86. The number of carbonyl (C=O) groups is 3. The van der Waals surface area contributed by atoms with Crippen LogP contribution < -0.4 is 10.6 Å². The molecule has 2 rings (SSSR count). The van der Waals surface area contributed by atoms with E-state index in [0.29, 0.717) is 25.1 Å². The molecule has 39 heavy (non-hydrogen) atoms. The van der Waals surface area contributed by atoms with Crippen LogP contribution in [0.1, 0.15) is 89.1 Å². The molecule has 0 saturated carbocycles. The van der Waals surface area contributed by atoms with E-state index in [1.807, 2.05) is 84.0 Å². The van der Waals surface area contributed by atoms with E-state index in [0.717, 1.165) is 28.7 Å². The van der Waals surface area contributed by atoms with Gasteiger partial charge in [0.1, 0.15) is 17.7 Å². The van der Waals surface area contributed by atoms with E-state index in [1.165, 1.54) is 0 Å². The Balaban J connectivity index is 2.61. The van der Waals surface area contributed by atoms with Crippen LogP contribution in [-0.2, 0) is 14.3 Å². The molecular weight excluding hydrogens is 490 g/mol. The molecule has 2 aromatic carbocycles. The molecule has 0 aliphatic carbocycles. The lowest BCUT2D eigenvalue weighted by Crippen LogP contribution is -2.55. The fraction of sp³-hybridized carbons (Fsp3) is 0.531. The molecule has 0 bridgehead atoms. The maximum absolute atomic E-state index is 14.4. The van der Waals surface area contributed by atoms with Gasteiger partial charge in [0.25, 0.3) is 5.91 Å². The summed E-state index contributed by atoms with van der Waals surface area (Å²) in [4.78, 5) is 42.9. The molecule has 2 N–H and O–H groups in total. The minimum atomic E-state index is -0.879. The molecule has 214 valence electrons. The topological polar surface area (TPSA) is 87.7 Å². The number of unbranched alkanes of at least 4 members (excludes halogenated alkanes) is 1. The maximum Gasteiger partial charge on any atom is 0.408 e. The Morgan fingerprint density at radius 2 is 1.59 bits per heavy atom. The fourth-order valence-electron chi connectivity index (χ4n) is 4.43. The molecule has 3 amide bonds. The van der Waals surface area contributed by atoms with Gasteiger partial charge < -0.3 is 20.3 Å². The van der Waals surface area contributed by atoms with Gasteiger partial charge in [-0.05, 0) is 82.2 Å². The first-order valence-corrected chi connectivity index (χ1v) is 14.0. The number of ether oxygens (including phenoxy) is 1. The summed E-state index contributed by atoms with van der Waals surface area (Å²) in [6.45, 7) is 17.6. The van der Waals surface area contributed by atoms with Crippen molar-refractivity contribution in [1.29, 1.82) is 0 Å². The lowest BCUT2D eigenvalue weighted by atomic mass is 9.92. The van der Waals surface area contributed by atoms with Crippen molar-refractivity contribution >= 4 is 23.6 Å². The average Bonchev–Trinajstić information content (AvgIpc) is 2.86. The van der Waals surface area contributed by atoms with Crippen LogP contribution in [0.25, 0.3) is 0 Å². The molecule has 0 heterocycles. The molecule has 0 aliphatic heterocycles. The number of alkyl carbamates (subject to hydrolysis) is 1. The molecule has 0 aromatic heterocycles. The Kier molecular flexibility index (Phi) is 11.6. The van der Waals surface area contributed by atoms with Gasteiger partial charge in [-0.25, -0.2) is 4.79 Å². The number of hydrogen-bond acceptors (Lipinski definition) is 4. The van der Waals surface area contributed by atoms with Gasteiger partial charge in [0.05, 0.1) is 0 Å². The van der Waals surface area contributed by atoms with Gasteiger partial charge in [-0.15, -0.1) is 0 Å². The fourth-order valence-corrected chi connectivity index (χ4v) is 4.43. The van der Waals surface area contributed by atoms with Crippen LogP contribution in [0.3, 0.4) is 0 Å². The van der Waals surface area contributed by atoms with E-state index in [2.05, 4.69) is 10.6 Å². The summed E-state index contributed by atoms with van der Waals surface area (Å²) in [5.74, 6) is -0.759. The van der Waals surface area contributed by atoms with Gasteiger partial charge in [-0.3, -0.25) is 9.59 Å². The van der Waals surface area contributed by atoms with Gasteiger partial charge in [-0.1, -0.05) is 70.0 Å². The lowest BCUT2D eigenvalue weighted by Gasteiger charge is -2.36. The largest absolute Gasteiger partial charge is 0.444 e. The number of amides is 3. The first kappa shape index (κ1) is 31.9. The van der Waals surface area contributed by atoms with Gasteiger partial charge in [0.2, 0.25) is 5.91 Å². The molecule has 0 radical (unpaired) electrons. The number of nitrogens with zero attached hydrogens (tertiary/aromatic N) is 1. The van der Waals surface area contributed by atoms with Crippen molar-refractivity contribution < 1.29 is 19.1 Å². The second-order valence-corrected chi connectivity index (χ2v) is 11.4. The highest BCUT2D eigenvalue weighted by Crippen LogP contribution is 2.30. The van der Waals surface area contributed by atoms with Gasteiger partial charge >= 0.3 is 6.09 Å². The molecule has 0 saturated heterocycles. The molecule has 2 aromatic rings. The Labute approximate surface area is 234 Å². The van der Waals surface area contributed by atoms with Gasteiger partial charge in [0, 0.05) is 12.2 Å². The Bertz CT molecular complexity index is 1140. The summed E-state index contributed by atoms with van der Waals surface area (Å²) in [6, 6.07) is 11.7. The van der Waals surface area contributed by atoms with E-state index < -0.39 is 23.8 Å². The minimum Gasteiger partial charge on any atom is -0.444 e. The smallest absolute Gasteiger partial charge is 0.408 e. The van der Waals surface area contributed by atoms with Crippen molar-refractivity contribution in [2.45, 2.75) is 99.3 Å². The summed E-state index contributed by atoms with van der Waals surface area (Å²) < 4.78 is 5.49. The van der Waals surface area contributed by atoms with Crippen LogP contribution in [0.15, 0.2) is 42.5 Å². The zero-order valence-electron chi connectivity index (χ0n) is 25.2. The number of benzene rings is 2. The van der Waals surface area contributed by atoms with Crippen molar-refractivity contribution in [3.63, 3.8) is 0 Å². The van der Waals surface area contributed by atoms with Crippen molar-refractivity contribution in [2.75, 3.05) is 11.9 Å². The van der Waals surface area contributed by atoms with Crippen LogP contribution in [0, 0.1) is 26.7 Å². The molecule has 0 aliphatic rings. The first-order chi connectivity index (χ1) is 18.3.